The summed E-state index contributed by atoms with van der Waals surface area (Å²) in [5, 5.41) is 3.48. The van der Waals surface area contributed by atoms with Crippen molar-refractivity contribution < 1.29 is 8.42 Å². The standard InChI is InChI=1S/C12H26N2O2S/c1-3-5-12(2)13-6-8-14-7-4-10-17(15,16)11-9-14/h12-13H,3-11H2,1-2H3. The Morgan fingerprint density at radius 1 is 1.29 bits per heavy atom. The van der Waals surface area contributed by atoms with Crippen LogP contribution in [0.5, 0.6) is 0 Å². The summed E-state index contributed by atoms with van der Waals surface area (Å²) >= 11 is 0. The molecular formula is C12H26N2O2S. The molecule has 1 N–H and O–H groups in total. The first-order valence-electron chi connectivity index (χ1n) is 6.69. The van der Waals surface area contributed by atoms with E-state index in [1.165, 1.54) is 12.8 Å². The van der Waals surface area contributed by atoms with E-state index in [1.54, 1.807) is 0 Å². The molecule has 1 atom stereocenters. The molecule has 1 fully saturated rings. The van der Waals surface area contributed by atoms with Crippen LogP contribution in [0.15, 0.2) is 0 Å². The van der Waals surface area contributed by atoms with Gasteiger partial charge in [0.05, 0.1) is 11.5 Å². The van der Waals surface area contributed by atoms with Crippen LogP contribution in [-0.2, 0) is 9.84 Å². The molecule has 102 valence electrons. The summed E-state index contributed by atoms with van der Waals surface area (Å²) in [6.07, 6.45) is 3.19. The number of rotatable bonds is 6. The van der Waals surface area contributed by atoms with E-state index in [0.29, 0.717) is 24.1 Å². The molecule has 0 radical (unpaired) electrons. The van der Waals surface area contributed by atoms with E-state index < -0.39 is 9.84 Å². The van der Waals surface area contributed by atoms with Gasteiger partial charge in [0, 0.05) is 25.7 Å². The molecule has 17 heavy (non-hydrogen) atoms. The predicted molar refractivity (Wildman–Crippen MR) is 72.1 cm³/mol. The zero-order chi connectivity index (χ0) is 12.7. The summed E-state index contributed by atoms with van der Waals surface area (Å²) in [6.45, 7) is 7.94. The molecule has 4 nitrogen and oxygen atoms in total. The smallest absolute Gasteiger partial charge is 0.151 e. The van der Waals surface area contributed by atoms with Crippen molar-refractivity contribution in [3.63, 3.8) is 0 Å². The lowest BCUT2D eigenvalue weighted by atomic mass is 10.2. The third kappa shape index (κ3) is 6.38. The van der Waals surface area contributed by atoms with Crippen LogP contribution in [0.25, 0.3) is 0 Å². The second-order valence-corrected chi connectivity index (χ2v) is 7.29. The summed E-state index contributed by atoms with van der Waals surface area (Å²) < 4.78 is 22.9. The molecule has 1 heterocycles. The molecule has 0 bridgehead atoms. The lowest BCUT2D eigenvalue weighted by molar-refractivity contribution is 0.288. The Morgan fingerprint density at radius 2 is 2.06 bits per heavy atom. The van der Waals surface area contributed by atoms with Crippen LogP contribution in [-0.4, -0.2) is 57.0 Å². The lowest BCUT2D eigenvalue weighted by Crippen LogP contribution is -2.37. The van der Waals surface area contributed by atoms with Crippen molar-refractivity contribution in [1.29, 1.82) is 0 Å². The van der Waals surface area contributed by atoms with E-state index in [0.717, 1.165) is 26.1 Å². The number of sulfone groups is 1. The van der Waals surface area contributed by atoms with Crippen molar-refractivity contribution in [1.82, 2.24) is 10.2 Å². The topological polar surface area (TPSA) is 49.4 Å². The quantitative estimate of drug-likeness (QED) is 0.772. The molecule has 5 heteroatoms. The third-order valence-electron chi connectivity index (χ3n) is 3.29. The maximum Gasteiger partial charge on any atom is 0.151 e. The molecular weight excluding hydrogens is 236 g/mol. The highest BCUT2D eigenvalue weighted by Gasteiger charge is 2.18. The normalized spacial score (nSPS) is 23.2. The molecule has 1 aliphatic heterocycles. The van der Waals surface area contributed by atoms with E-state index >= 15 is 0 Å². The third-order valence-corrected chi connectivity index (χ3v) is 5.01. The molecule has 1 rings (SSSR count). The molecule has 0 aromatic carbocycles. The summed E-state index contributed by atoms with van der Waals surface area (Å²) in [4.78, 5) is 2.26. The Balaban J connectivity index is 2.19. The van der Waals surface area contributed by atoms with Gasteiger partial charge >= 0.3 is 0 Å². The van der Waals surface area contributed by atoms with E-state index in [9.17, 15) is 8.42 Å². The van der Waals surface area contributed by atoms with Crippen LogP contribution in [0.2, 0.25) is 0 Å². The summed E-state index contributed by atoms with van der Waals surface area (Å²) in [5.74, 6) is 0.695. The Labute approximate surface area is 106 Å². The van der Waals surface area contributed by atoms with E-state index in [1.807, 2.05) is 0 Å². The molecule has 1 aliphatic rings. The number of hydrogen-bond acceptors (Lipinski definition) is 4. The van der Waals surface area contributed by atoms with Crippen LogP contribution in [0.3, 0.4) is 0 Å². The fraction of sp³-hybridized carbons (Fsp3) is 1.00. The van der Waals surface area contributed by atoms with Gasteiger partial charge in [-0.25, -0.2) is 8.42 Å². The average molecular weight is 262 g/mol. The molecule has 1 unspecified atom stereocenters. The molecule has 1 saturated heterocycles. The SMILES string of the molecule is CCCC(C)NCCN1CCCS(=O)(=O)CC1. The lowest BCUT2D eigenvalue weighted by Gasteiger charge is -2.21. The zero-order valence-corrected chi connectivity index (χ0v) is 11.9. The summed E-state index contributed by atoms with van der Waals surface area (Å²) in [5.41, 5.74) is 0. The van der Waals surface area contributed by atoms with Gasteiger partial charge < -0.3 is 10.2 Å². The number of hydrogen-bond donors (Lipinski definition) is 1. The first-order valence-corrected chi connectivity index (χ1v) is 8.52. The van der Waals surface area contributed by atoms with Gasteiger partial charge in [-0.15, -0.1) is 0 Å². The van der Waals surface area contributed by atoms with Gasteiger partial charge in [0.2, 0.25) is 0 Å². The second kappa shape index (κ2) is 7.34. The summed E-state index contributed by atoms with van der Waals surface area (Å²) in [6, 6.07) is 0.565. The van der Waals surface area contributed by atoms with Gasteiger partial charge in [0.1, 0.15) is 0 Å². The maximum atomic E-state index is 11.4. The van der Waals surface area contributed by atoms with Gasteiger partial charge in [-0.3, -0.25) is 0 Å². The fourth-order valence-corrected chi connectivity index (χ4v) is 3.53. The molecule has 0 aromatic heterocycles. The van der Waals surface area contributed by atoms with Gasteiger partial charge in [0.25, 0.3) is 0 Å². The molecule has 0 amide bonds. The van der Waals surface area contributed by atoms with Crippen molar-refractivity contribution in [3.05, 3.63) is 0 Å². The minimum absolute atomic E-state index is 0.331. The van der Waals surface area contributed by atoms with Gasteiger partial charge in [-0.05, 0) is 26.3 Å². The molecule has 0 saturated carbocycles. The number of nitrogens with zero attached hydrogens (tertiary/aromatic N) is 1. The largest absolute Gasteiger partial charge is 0.313 e. The highest BCUT2D eigenvalue weighted by atomic mass is 32.2. The maximum absolute atomic E-state index is 11.4. The Kier molecular flexibility index (Phi) is 6.44. The minimum Gasteiger partial charge on any atom is -0.313 e. The Hall–Kier alpha value is -0.130. The molecule has 0 aromatic rings. The van der Waals surface area contributed by atoms with Gasteiger partial charge in [-0.1, -0.05) is 13.3 Å². The first kappa shape index (κ1) is 14.9. The van der Waals surface area contributed by atoms with Crippen molar-refractivity contribution in [2.75, 3.05) is 37.7 Å². The Bertz CT molecular complexity index is 304. The second-order valence-electron chi connectivity index (χ2n) is 4.99. The predicted octanol–water partition coefficient (Wildman–Crippen LogP) is 0.885. The van der Waals surface area contributed by atoms with Crippen LogP contribution in [0, 0.1) is 0 Å². The van der Waals surface area contributed by atoms with Gasteiger partial charge in [0.15, 0.2) is 9.84 Å². The van der Waals surface area contributed by atoms with Crippen LogP contribution in [0.4, 0.5) is 0 Å². The summed E-state index contributed by atoms with van der Waals surface area (Å²) in [7, 11) is -2.76. The van der Waals surface area contributed by atoms with E-state index in [2.05, 4.69) is 24.1 Å². The van der Waals surface area contributed by atoms with Crippen molar-refractivity contribution in [2.45, 2.75) is 39.2 Å². The van der Waals surface area contributed by atoms with Crippen molar-refractivity contribution >= 4 is 9.84 Å². The van der Waals surface area contributed by atoms with Gasteiger partial charge in [-0.2, -0.15) is 0 Å². The average Bonchev–Trinajstić information content (AvgIpc) is 2.41. The zero-order valence-electron chi connectivity index (χ0n) is 11.1. The molecule has 0 spiro atoms. The minimum atomic E-state index is -2.76. The van der Waals surface area contributed by atoms with Crippen molar-refractivity contribution in [3.8, 4) is 0 Å². The fourth-order valence-electron chi connectivity index (χ4n) is 2.22. The van der Waals surface area contributed by atoms with Crippen molar-refractivity contribution in [2.24, 2.45) is 0 Å². The van der Waals surface area contributed by atoms with E-state index in [-0.39, 0.29) is 0 Å². The van der Waals surface area contributed by atoms with Crippen LogP contribution >= 0.6 is 0 Å². The van der Waals surface area contributed by atoms with Crippen LogP contribution < -0.4 is 5.32 Å². The highest BCUT2D eigenvalue weighted by Crippen LogP contribution is 2.04. The number of nitrogens with one attached hydrogen (secondary N) is 1. The van der Waals surface area contributed by atoms with E-state index in [4.69, 9.17) is 0 Å². The monoisotopic (exact) mass is 262 g/mol. The molecule has 0 aliphatic carbocycles. The highest BCUT2D eigenvalue weighted by molar-refractivity contribution is 7.91. The first-order chi connectivity index (χ1) is 8.03. The Morgan fingerprint density at radius 3 is 2.76 bits per heavy atom. The van der Waals surface area contributed by atoms with Crippen LogP contribution in [0.1, 0.15) is 33.1 Å².